The Kier molecular flexibility index (Phi) is 2.96. The number of aliphatic hydroxyl groups is 2. The minimum Gasteiger partial charge on any atom is -0.390 e. The third-order valence-electron chi connectivity index (χ3n) is 3.79. The van der Waals surface area contributed by atoms with E-state index in [0.717, 1.165) is 6.42 Å². The van der Waals surface area contributed by atoms with Crippen molar-refractivity contribution >= 4 is 22.6 Å². The lowest BCUT2D eigenvalue weighted by Crippen LogP contribution is -2.44. The van der Waals surface area contributed by atoms with Crippen LogP contribution in [0.3, 0.4) is 0 Å². The SMILES string of the molecule is O=C(Nc1ccns1)N1C[C@@H]2C[C@H](C1)[C@H](O)[C@@H]2O. The summed E-state index contributed by atoms with van der Waals surface area (Å²) in [6, 6.07) is 1.56. The number of nitrogens with one attached hydrogen (secondary N) is 1. The maximum Gasteiger partial charge on any atom is 0.322 e. The zero-order valence-corrected chi connectivity index (χ0v) is 10.5. The van der Waals surface area contributed by atoms with Gasteiger partial charge in [0.1, 0.15) is 5.00 Å². The number of nitrogens with zero attached hydrogens (tertiary/aromatic N) is 2. The van der Waals surface area contributed by atoms with E-state index in [0.29, 0.717) is 18.1 Å². The Bertz CT molecular complexity index is 423. The monoisotopic (exact) mass is 269 g/mol. The molecule has 2 amide bonds. The molecule has 3 N–H and O–H groups in total. The Morgan fingerprint density at radius 2 is 2.06 bits per heavy atom. The highest BCUT2D eigenvalue weighted by molar-refractivity contribution is 7.10. The second kappa shape index (κ2) is 4.49. The Balaban J connectivity index is 1.66. The van der Waals surface area contributed by atoms with Crippen LogP contribution >= 0.6 is 11.5 Å². The molecule has 0 unspecified atom stereocenters. The molecule has 1 saturated heterocycles. The number of amides is 2. The lowest BCUT2D eigenvalue weighted by molar-refractivity contribution is 0.0130. The fraction of sp³-hybridized carbons (Fsp3) is 0.636. The fourth-order valence-corrected chi connectivity index (χ4v) is 3.35. The highest BCUT2D eigenvalue weighted by Gasteiger charge is 2.47. The van der Waals surface area contributed by atoms with Gasteiger partial charge in [0.05, 0.1) is 12.2 Å². The van der Waals surface area contributed by atoms with E-state index < -0.39 is 12.2 Å². The first-order chi connectivity index (χ1) is 8.65. The van der Waals surface area contributed by atoms with E-state index in [9.17, 15) is 15.0 Å². The maximum absolute atomic E-state index is 12.0. The van der Waals surface area contributed by atoms with E-state index >= 15 is 0 Å². The number of hydrogen-bond acceptors (Lipinski definition) is 5. The van der Waals surface area contributed by atoms with Crippen LogP contribution in [0.5, 0.6) is 0 Å². The summed E-state index contributed by atoms with van der Waals surface area (Å²) in [5, 5.41) is 23.1. The minimum absolute atomic E-state index is 0.00837. The lowest BCUT2D eigenvalue weighted by atomic mass is 9.98. The van der Waals surface area contributed by atoms with Crippen molar-refractivity contribution in [2.45, 2.75) is 18.6 Å². The summed E-state index contributed by atoms with van der Waals surface area (Å²) in [4.78, 5) is 13.7. The Hall–Kier alpha value is -1.18. The number of hydrogen-bond donors (Lipinski definition) is 3. The topological polar surface area (TPSA) is 85.7 Å². The highest BCUT2D eigenvalue weighted by Crippen LogP contribution is 2.37. The van der Waals surface area contributed by atoms with Crippen molar-refractivity contribution in [3.05, 3.63) is 12.3 Å². The molecule has 0 aromatic carbocycles. The quantitative estimate of drug-likeness (QED) is 0.686. The lowest BCUT2D eigenvalue weighted by Gasteiger charge is -2.31. The first-order valence-electron chi connectivity index (χ1n) is 5.98. The van der Waals surface area contributed by atoms with Crippen LogP contribution in [-0.4, -0.2) is 50.8 Å². The smallest absolute Gasteiger partial charge is 0.322 e. The normalized spacial score (nSPS) is 34.7. The molecule has 18 heavy (non-hydrogen) atoms. The van der Waals surface area contributed by atoms with Gasteiger partial charge in [0.25, 0.3) is 0 Å². The summed E-state index contributed by atoms with van der Waals surface area (Å²) in [6.07, 6.45) is 1.03. The Labute approximate surface area is 108 Å². The van der Waals surface area contributed by atoms with Crippen LogP contribution in [0, 0.1) is 11.8 Å². The van der Waals surface area contributed by atoms with Gasteiger partial charge in [-0.1, -0.05) is 0 Å². The van der Waals surface area contributed by atoms with Crippen molar-refractivity contribution in [3.8, 4) is 0 Å². The van der Waals surface area contributed by atoms with Gasteiger partial charge in [0, 0.05) is 31.1 Å². The van der Waals surface area contributed by atoms with Gasteiger partial charge in [-0.3, -0.25) is 5.32 Å². The van der Waals surface area contributed by atoms with Crippen LogP contribution in [0.15, 0.2) is 12.3 Å². The molecule has 0 spiro atoms. The van der Waals surface area contributed by atoms with Crippen LogP contribution < -0.4 is 5.32 Å². The van der Waals surface area contributed by atoms with E-state index in [4.69, 9.17) is 0 Å². The molecule has 3 rings (SSSR count). The van der Waals surface area contributed by atoms with Crippen molar-refractivity contribution in [1.82, 2.24) is 9.27 Å². The predicted octanol–water partition coefficient (Wildman–Crippen LogP) is 0.349. The Morgan fingerprint density at radius 1 is 1.39 bits per heavy atom. The van der Waals surface area contributed by atoms with Crippen molar-refractivity contribution in [3.63, 3.8) is 0 Å². The van der Waals surface area contributed by atoms with Gasteiger partial charge >= 0.3 is 6.03 Å². The first kappa shape index (κ1) is 11.9. The molecule has 2 aliphatic rings. The molecule has 0 radical (unpaired) electrons. The van der Waals surface area contributed by atoms with E-state index in [1.165, 1.54) is 11.5 Å². The molecule has 1 aliphatic heterocycles. The molecule has 2 fully saturated rings. The van der Waals surface area contributed by atoms with E-state index in [1.54, 1.807) is 17.2 Å². The molecular formula is C11H15N3O3S. The second-order valence-electron chi connectivity index (χ2n) is 4.95. The van der Waals surface area contributed by atoms with Gasteiger partial charge < -0.3 is 15.1 Å². The number of aromatic nitrogens is 1. The van der Waals surface area contributed by atoms with Gasteiger partial charge in [-0.15, -0.1) is 0 Å². The number of anilines is 1. The van der Waals surface area contributed by atoms with Crippen molar-refractivity contribution < 1.29 is 15.0 Å². The molecule has 1 saturated carbocycles. The van der Waals surface area contributed by atoms with Gasteiger partial charge in [-0.25, -0.2) is 4.79 Å². The van der Waals surface area contributed by atoms with Crippen molar-refractivity contribution in [1.29, 1.82) is 0 Å². The number of urea groups is 1. The molecule has 1 aromatic heterocycles. The fourth-order valence-electron chi connectivity index (χ4n) is 2.86. The van der Waals surface area contributed by atoms with Gasteiger partial charge in [-0.05, 0) is 24.0 Å². The average molecular weight is 269 g/mol. The second-order valence-corrected chi connectivity index (χ2v) is 5.78. The molecule has 2 heterocycles. The third-order valence-corrected chi connectivity index (χ3v) is 4.45. The zero-order valence-electron chi connectivity index (χ0n) is 9.69. The molecule has 1 aliphatic carbocycles. The average Bonchev–Trinajstić information content (AvgIpc) is 2.94. The summed E-state index contributed by atoms with van der Waals surface area (Å²) in [6.45, 7) is 0.999. The van der Waals surface area contributed by atoms with Crippen LogP contribution in [-0.2, 0) is 0 Å². The van der Waals surface area contributed by atoms with Crippen LogP contribution in [0.2, 0.25) is 0 Å². The molecular weight excluding hydrogens is 254 g/mol. The summed E-state index contributed by atoms with van der Waals surface area (Å²) in [5.41, 5.74) is 0. The minimum atomic E-state index is -0.698. The van der Waals surface area contributed by atoms with E-state index in [2.05, 4.69) is 9.69 Å². The van der Waals surface area contributed by atoms with Crippen LogP contribution in [0.4, 0.5) is 9.80 Å². The number of fused-ring (bicyclic) bond motifs is 2. The van der Waals surface area contributed by atoms with Gasteiger partial charge in [-0.2, -0.15) is 4.37 Å². The zero-order chi connectivity index (χ0) is 12.7. The number of carbonyl (C=O) groups excluding carboxylic acids is 1. The third kappa shape index (κ3) is 1.98. The molecule has 6 nitrogen and oxygen atoms in total. The van der Waals surface area contributed by atoms with Crippen molar-refractivity contribution in [2.24, 2.45) is 11.8 Å². The number of aliphatic hydroxyl groups excluding tert-OH is 2. The van der Waals surface area contributed by atoms with Crippen LogP contribution in [0.1, 0.15) is 6.42 Å². The standard InChI is InChI=1S/C11H15N3O3S/c15-9-6-3-7(10(9)16)5-14(4-6)11(17)13-8-1-2-12-18-8/h1-2,6-7,9-10,15-16H,3-5H2,(H,13,17)/t6-,7+,9+,10-. The summed E-state index contributed by atoms with van der Waals surface area (Å²) in [7, 11) is 0. The maximum atomic E-state index is 12.0. The molecule has 1 aromatic rings. The summed E-state index contributed by atoms with van der Waals surface area (Å²) < 4.78 is 3.92. The van der Waals surface area contributed by atoms with E-state index in [1.807, 2.05) is 0 Å². The molecule has 98 valence electrons. The predicted molar refractivity (Wildman–Crippen MR) is 66.3 cm³/mol. The molecule has 2 bridgehead atoms. The molecule has 4 atom stereocenters. The summed E-state index contributed by atoms with van der Waals surface area (Å²) in [5.74, 6) is -0.0167. The van der Waals surface area contributed by atoms with Gasteiger partial charge in [0.2, 0.25) is 0 Å². The number of rotatable bonds is 1. The van der Waals surface area contributed by atoms with E-state index in [-0.39, 0.29) is 17.9 Å². The first-order valence-corrected chi connectivity index (χ1v) is 6.75. The number of piperidine rings is 1. The largest absolute Gasteiger partial charge is 0.390 e. The van der Waals surface area contributed by atoms with Crippen LogP contribution in [0.25, 0.3) is 0 Å². The Morgan fingerprint density at radius 3 is 2.61 bits per heavy atom. The molecule has 7 heteroatoms. The summed E-state index contributed by atoms with van der Waals surface area (Å²) >= 11 is 1.23. The number of carbonyl (C=O) groups is 1. The van der Waals surface area contributed by atoms with Gasteiger partial charge in [0.15, 0.2) is 0 Å². The van der Waals surface area contributed by atoms with Crippen molar-refractivity contribution in [2.75, 3.05) is 18.4 Å². The highest BCUT2D eigenvalue weighted by atomic mass is 32.1. The number of likely N-dealkylation sites (tertiary alicyclic amines) is 1.